The first-order chi connectivity index (χ1) is 15.5. The number of nitrogens with zero attached hydrogens (tertiary/aromatic N) is 3. The van der Waals surface area contributed by atoms with Gasteiger partial charge in [-0.1, -0.05) is 6.07 Å². The molecule has 1 unspecified atom stereocenters. The molecule has 0 radical (unpaired) electrons. The molecule has 2 amide bonds. The summed E-state index contributed by atoms with van der Waals surface area (Å²) >= 11 is 0. The predicted molar refractivity (Wildman–Crippen MR) is 117 cm³/mol. The fraction of sp³-hybridized carbons (Fsp3) is 0.304. The average Bonchev–Trinajstić information content (AvgIpc) is 3.46. The van der Waals surface area contributed by atoms with E-state index in [1.165, 1.54) is 23.0 Å². The van der Waals surface area contributed by atoms with Crippen molar-refractivity contribution in [2.24, 2.45) is 5.92 Å². The molecule has 1 atom stereocenters. The van der Waals surface area contributed by atoms with Crippen LogP contribution in [0.5, 0.6) is 5.75 Å². The third-order valence-electron chi connectivity index (χ3n) is 5.50. The summed E-state index contributed by atoms with van der Waals surface area (Å²) in [7, 11) is 1.65. The minimum atomic E-state index is -0.704. The second kappa shape index (κ2) is 9.67. The Labute approximate surface area is 185 Å². The van der Waals surface area contributed by atoms with Crippen molar-refractivity contribution in [1.82, 2.24) is 20.4 Å². The molecule has 1 fully saturated rings. The summed E-state index contributed by atoms with van der Waals surface area (Å²) in [5.41, 5.74) is 1.96. The Morgan fingerprint density at radius 3 is 2.91 bits per heavy atom. The molecule has 32 heavy (non-hydrogen) atoms. The van der Waals surface area contributed by atoms with Crippen molar-refractivity contribution in [2.75, 3.05) is 31.6 Å². The monoisotopic (exact) mass is 441 g/mol. The second-order valence-corrected chi connectivity index (χ2v) is 7.75. The Kier molecular flexibility index (Phi) is 6.53. The van der Waals surface area contributed by atoms with Gasteiger partial charge in [-0.15, -0.1) is 0 Å². The Morgan fingerprint density at radius 2 is 2.09 bits per heavy atom. The van der Waals surface area contributed by atoms with E-state index in [-0.39, 0.29) is 18.3 Å². The first-order valence-corrected chi connectivity index (χ1v) is 10.4. The van der Waals surface area contributed by atoms with Gasteiger partial charge in [0.15, 0.2) is 5.82 Å². The minimum Gasteiger partial charge on any atom is -0.497 e. The summed E-state index contributed by atoms with van der Waals surface area (Å²) in [5, 5.41) is 9.78. The number of methoxy groups -OCH3 is 1. The molecule has 9 heteroatoms. The van der Waals surface area contributed by atoms with Crippen LogP contribution in [0, 0.1) is 17.6 Å². The number of rotatable bonds is 7. The lowest BCUT2D eigenvalue weighted by Gasteiger charge is -2.19. The first-order valence-electron chi connectivity index (χ1n) is 10.4. The number of urea groups is 1. The first kappa shape index (κ1) is 21.6. The van der Waals surface area contributed by atoms with E-state index in [1.54, 1.807) is 13.3 Å². The molecule has 1 aliphatic heterocycles. The zero-order valence-corrected chi connectivity index (χ0v) is 17.7. The number of benzene rings is 2. The Balaban J connectivity index is 1.22. The molecular formula is C23H25F2N5O2. The number of nitrogens with one attached hydrogen (secondary N) is 2. The fourth-order valence-electron chi connectivity index (χ4n) is 3.77. The van der Waals surface area contributed by atoms with E-state index in [4.69, 9.17) is 4.74 Å². The summed E-state index contributed by atoms with van der Waals surface area (Å²) in [4.78, 5) is 14.5. The van der Waals surface area contributed by atoms with Crippen molar-refractivity contribution in [2.45, 2.75) is 13.0 Å². The standard InChI is InChI=1S/C23H25F2N5O2/c1-32-20-4-2-3-19(10-20)29-8-7-16(14-29)11-26-23(31)27-12-17-13-28-30(15-17)22-6-5-18(24)9-21(22)25/h2-6,9-10,13,15-16H,7-8,11-12,14H2,1H3,(H2,26,27,31). The summed E-state index contributed by atoms with van der Waals surface area (Å²) in [6, 6.07) is 11.0. The Hall–Kier alpha value is -3.62. The van der Waals surface area contributed by atoms with Gasteiger partial charge in [-0.25, -0.2) is 18.3 Å². The number of carbonyl (C=O) groups excluding carboxylic acids is 1. The second-order valence-electron chi connectivity index (χ2n) is 7.75. The highest BCUT2D eigenvalue weighted by molar-refractivity contribution is 5.73. The van der Waals surface area contributed by atoms with Gasteiger partial charge in [0.2, 0.25) is 0 Å². The molecular weight excluding hydrogens is 416 g/mol. The fourth-order valence-corrected chi connectivity index (χ4v) is 3.77. The largest absolute Gasteiger partial charge is 0.497 e. The predicted octanol–water partition coefficient (Wildman–Crippen LogP) is 3.48. The molecule has 1 aromatic heterocycles. The van der Waals surface area contributed by atoms with Crippen LogP contribution >= 0.6 is 0 Å². The van der Waals surface area contributed by atoms with Gasteiger partial charge in [0.25, 0.3) is 0 Å². The molecule has 2 aromatic carbocycles. The summed E-state index contributed by atoms with van der Waals surface area (Å²) in [6.45, 7) is 2.62. The highest BCUT2D eigenvalue weighted by atomic mass is 19.1. The van der Waals surface area contributed by atoms with Gasteiger partial charge < -0.3 is 20.3 Å². The van der Waals surface area contributed by atoms with E-state index in [9.17, 15) is 13.6 Å². The van der Waals surface area contributed by atoms with Gasteiger partial charge in [-0.05, 0) is 36.6 Å². The van der Waals surface area contributed by atoms with Crippen LogP contribution in [0.25, 0.3) is 5.69 Å². The third kappa shape index (κ3) is 5.16. The summed E-state index contributed by atoms with van der Waals surface area (Å²) in [6.07, 6.45) is 4.12. The normalized spacial score (nSPS) is 15.6. The molecule has 0 spiro atoms. The van der Waals surface area contributed by atoms with Gasteiger partial charge in [0.05, 0.1) is 13.3 Å². The molecule has 1 saturated heterocycles. The molecule has 0 aliphatic carbocycles. The van der Waals surface area contributed by atoms with E-state index in [0.29, 0.717) is 18.0 Å². The maximum Gasteiger partial charge on any atom is 0.315 e. The molecule has 7 nitrogen and oxygen atoms in total. The van der Waals surface area contributed by atoms with Crippen LogP contribution in [0.15, 0.2) is 54.9 Å². The Morgan fingerprint density at radius 1 is 1.22 bits per heavy atom. The number of ether oxygens (including phenoxy) is 1. The van der Waals surface area contributed by atoms with Crippen molar-refractivity contribution >= 4 is 11.7 Å². The van der Waals surface area contributed by atoms with Crippen molar-refractivity contribution in [3.8, 4) is 11.4 Å². The number of carbonyl (C=O) groups is 1. The van der Waals surface area contributed by atoms with Crippen molar-refractivity contribution in [1.29, 1.82) is 0 Å². The van der Waals surface area contributed by atoms with Crippen LogP contribution < -0.4 is 20.3 Å². The maximum atomic E-state index is 13.9. The molecule has 4 rings (SSSR count). The van der Waals surface area contributed by atoms with Crippen LogP contribution in [0.4, 0.5) is 19.3 Å². The lowest BCUT2D eigenvalue weighted by Crippen LogP contribution is -2.38. The van der Waals surface area contributed by atoms with Gasteiger partial charge in [-0.2, -0.15) is 5.10 Å². The smallest absolute Gasteiger partial charge is 0.315 e. The van der Waals surface area contributed by atoms with E-state index in [1.807, 2.05) is 18.2 Å². The zero-order chi connectivity index (χ0) is 22.5. The molecule has 3 aromatic rings. The lowest BCUT2D eigenvalue weighted by molar-refractivity contribution is 0.239. The maximum absolute atomic E-state index is 13.9. The molecule has 2 heterocycles. The number of amides is 2. The van der Waals surface area contributed by atoms with Gasteiger partial charge in [0, 0.05) is 55.8 Å². The van der Waals surface area contributed by atoms with Crippen LogP contribution in [0.1, 0.15) is 12.0 Å². The molecule has 168 valence electrons. The number of aromatic nitrogens is 2. The lowest BCUT2D eigenvalue weighted by atomic mass is 10.1. The Bertz CT molecular complexity index is 1090. The molecule has 0 bridgehead atoms. The average molecular weight is 441 g/mol. The molecule has 2 N–H and O–H groups in total. The topological polar surface area (TPSA) is 71.4 Å². The SMILES string of the molecule is COc1cccc(N2CCC(CNC(=O)NCc3cnn(-c4ccc(F)cc4F)c3)C2)c1. The van der Waals surface area contributed by atoms with Crippen molar-refractivity contribution < 1.29 is 18.3 Å². The summed E-state index contributed by atoms with van der Waals surface area (Å²) in [5.74, 6) is -0.166. The van der Waals surface area contributed by atoms with Crippen LogP contribution in [-0.4, -0.2) is 42.6 Å². The minimum absolute atomic E-state index is 0.143. The molecule has 1 aliphatic rings. The van der Waals surface area contributed by atoms with Crippen LogP contribution in [0.3, 0.4) is 0 Å². The van der Waals surface area contributed by atoms with E-state index in [0.717, 1.165) is 37.0 Å². The number of halogens is 2. The quantitative estimate of drug-likeness (QED) is 0.589. The summed E-state index contributed by atoms with van der Waals surface area (Å²) < 4.78 is 33.6. The van der Waals surface area contributed by atoms with Crippen LogP contribution in [0.2, 0.25) is 0 Å². The highest BCUT2D eigenvalue weighted by Gasteiger charge is 2.23. The highest BCUT2D eigenvalue weighted by Crippen LogP contribution is 2.26. The van der Waals surface area contributed by atoms with Crippen molar-refractivity contribution in [3.05, 3.63) is 72.1 Å². The zero-order valence-electron chi connectivity index (χ0n) is 17.7. The molecule has 0 saturated carbocycles. The van der Waals surface area contributed by atoms with E-state index in [2.05, 4.69) is 26.7 Å². The van der Waals surface area contributed by atoms with Gasteiger partial charge in [-0.3, -0.25) is 0 Å². The van der Waals surface area contributed by atoms with Crippen LogP contribution in [-0.2, 0) is 6.54 Å². The van der Waals surface area contributed by atoms with E-state index < -0.39 is 11.6 Å². The third-order valence-corrected chi connectivity index (χ3v) is 5.50. The van der Waals surface area contributed by atoms with E-state index >= 15 is 0 Å². The number of hydrogen-bond acceptors (Lipinski definition) is 4. The van der Waals surface area contributed by atoms with Crippen molar-refractivity contribution in [3.63, 3.8) is 0 Å². The number of anilines is 1. The number of hydrogen-bond donors (Lipinski definition) is 2. The van der Waals surface area contributed by atoms with Gasteiger partial charge >= 0.3 is 6.03 Å². The van der Waals surface area contributed by atoms with Gasteiger partial charge in [0.1, 0.15) is 17.3 Å².